The van der Waals surface area contributed by atoms with Crippen LogP contribution in [0.3, 0.4) is 0 Å². The van der Waals surface area contributed by atoms with E-state index in [0.29, 0.717) is 24.2 Å². The lowest BCUT2D eigenvalue weighted by Gasteiger charge is -2.44. The summed E-state index contributed by atoms with van der Waals surface area (Å²) in [5.41, 5.74) is 1.75. The highest BCUT2D eigenvalue weighted by molar-refractivity contribution is 6.05. The van der Waals surface area contributed by atoms with Gasteiger partial charge in [0.05, 0.1) is 36.9 Å². The summed E-state index contributed by atoms with van der Waals surface area (Å²) in [6, 6.07) is 1.42. The molecular weight excluding hydrogens is 302 g/mol. The number of aryl methyl sites for hydroxylation is 1. The van der Waals surface area contributed by atoms with Crippen molar-refractivity contribution in [3.05, 3.63) is 23.2 Å². The third kappa shape index (κ3) is 2.25. The van der Waals surface area contributed by atoms with Crippen molar-refractivity contribution in [1.29, 1.82) is 0 Å². The summed E-state index contributed by atoms with van der Waals surface area (Å²) in [6.45, 7) is 3.62. The number of nitrogens with zero attached hydrogens (tertiary/aromatic N) is 3. The molecule has 0 saturated carbocycles. The van der Waals surface area contributed by atoms with Crippen molar-refractivity contribution in [2.75, 3.05) is 6.61 Å². The number of carboxylic acid groups (broad SMARTS) is 1. The van der Waals surface area contributed by atoms with Gasteiger partial charge in [-0.1, -0.05) is 0 Å². The van der Waals surface area contributed by atoms with E-state index >= 15 is 0 Å². The Morgan fingerprint density at radius 3 is 2.78 bits per heavy atom. The molecule has 0 radical (unpaired) electrons. The van der Waals surface area contributed by atoms with Crippen LogP contribution in [-0.4, -0.2) is 60.6 Å². The molecule has 0 aliphatic carbocycles. The topological polar surface area (TPSA) is 116 Å². The number of carbonyl (C=O) groups excluding carboxylic acids is 1. The largest absolute Gasteiger partial charge is 0.477 e. The van der Waals surface area contributed by atoms with E-state index in [2.05, 4.69) is 5.10 Å². The Hall–Kier alpha value is -2.19. The molecule has 3 N–H and O–H groups in total. The number of carbonyl (C=O) groups is 2. The molecule has 1 aromatic heterocycles. The van der Waals surface area contributed by atoms with Crippen LogP contribution in [0.15, 0.2) is 11.8 Å². The first-order valence-electron chi connectivity index (χ1n) is 7.50. The van der Waals surface area contributed by atoms with Crippen molar-refractivity contribution < 1.29 is 24.9 Å². The normalized spacial score (nSPS) is 24.7. The maximum atomic E-state index is 12.2. The van der Waals surface area contributed by atoms with Gasteiger partial charge in [-0.3, -0.25) is 9.48 Å². The molecule has 0 bridgehead atoms. The smallest absolute Gasteiger partial charge is 0.352 e. The number of aliphatic hydroxyl groups is 2. The number of carboxylic acids is 1. The van der Waals surface area contributed by atoms with E-state index in [-0.39, 0.29) is 24.3 Å². The van der Waals surface area contributed by atoms with Gasteiger partial charge in [0.15, 0.2) is 0 Å². The highest BCUT2D eigenvalue weighted by Crippen LogP contribution is 2.46. The fraction of sp³-hybridized carbons (Fsp3) is 0.533. The van der Waals surface area contributed by atoms with Crippen LogP contribution in [0.1, 0.15) is 24.7 Å². The predicted molar refractivity (Wildman–Crippen MR) is 79.0 cm³/mol. The summed E-state index contributed by atoms with van der Waals surface area (Å²) < 4.78 is 1.60. The van der Waals surface area contributed by atoms with Crippen molar-refractivity contribution in [3.63, 3.8) is 0 Å². The van der Waals surface area contributed by atoms with E-state index in [9.17, 15) is 19.8 Å². The van der Waals surface area contributed by atoms with Crippen molar-refractivity contribution in [2.45, 2.75) is 39.0 Å². The average molecular weight is 321 g/mol. The molecule has 0 aromatic carbocycles. The maximum Gasteiger partial charge on any atom is 0.352 e. The minimum atomic E-state index is -1.17. The van der Waals surface area contributed by atoms with Gasteiger partial charge in [0.2, 0.25) is 5.91 Å². The molecule has 8 heteroatoms. The number of aromatic nitrogens is 2. The lowest BCUT2D eigenvalue weighted by Crippen LogP contribution is -2.61. The lowest BCUT2D eigenvalue weighted by atomic mass is 9.83. The Labute approximate surface area is 132 Å². The second-order valence-electron chi connectivity index (χ2n) is 6.00. The zero-order valence-corrected chi connectivity index (χ0v) is 12.9. The number of amides is 1. The van der Waals surface area contributed by atoms with Crippen LogP contribution in [0.4, 0.5) is 0 Å². The van der Waals surface area contributed by atoms with Gasteiger partial charge in [-0.25, -0.2) is 4.79 Å². The third-order valence-electron chi connectivity index (χ3n) is 4.53. The molecular formula is C15H19N3O5. The number of hydrogen-bond acceptors (Lipinski definition) is 5. The van der Waals surface area contributed by atoms with Gasteiger partial charge in [-0.2, -0.15) is 5.10 Å². The van der Waals surface area contributed by atoms with Crippen LogP contribution in [0.25, 0.3) is 5.57 Å². The molecule has 2 aliphatic rings. The first-order chi connectivity index (χ1) is 10.9. The van der Waals surface area contributed by atoms with Crippen molar-refractivity contribution in [3.8, 4) is 0 Å². The van der Waals surface area contributed by atoms with Gasteiger partial charge in [-0.05, 0) is 26.3 Å². The third-order valence-corrected chi connectivity index (χ3v) is 4.53. The second kappa shape index (κ2) is 5.47. The Morgan fingerprint density at radius 1 is 1.52 bits per heavy atom. The molecule has 1 fully saturated rings. The Balaban J connectivity index is 2.00. The van der Waals surface area contributed by atoms with E-state index in [1.54, 1.807) is 17.7 Å². The van der Waals surface area contributed by atoms with Crippen LogP contribution in [0, 0.1) is 12.8 Å². The number of β-lactam (4-membered cyclic amide) rings is 1. The first-order valence-corrected chi connectivity index (χ1v) is 7.50. The highest BCUT2D eigenvalue weighted by Gasteiger charge is 2.57. The maximum absolute atomic E-state index is 12.2. The molecule has 8 nitrogen and oxygen atoms in total. The molecule has 3 rings (SSSR count). The second-order valence-corrected chi connectivity index (χ2v) is 6.00. The monoisotopic (exact) mass is 321 g/mol. The number of aliphatic carboxylic acids is 1. The van der Waals surface area contributed by atoms with Gasteiger partial charge in [0.1, 0.15) is 5.70 Å². The van der Waals surface area contributed by atoms with Crippen LogP contribution >= 0.6 is 0 Å². The Bertz CT molecular complexity index is 706. The van der Waals surface area contributed by atoms with Crippen molar-refractivity contribution in [2.24, 2.45) is 5.92 Å². The van der Waals surface area contributed by atoms with Gasteiger partial charge in [0.25, 0.3) is 0 Å². The molecule has 1 amide bonds. The molecule has 0 unspecified atom stereocenters. The van der Waals surface area contributed by atoms with E-state index in [0.717, 1.165) is 5.69 Å². The van der Waals surface area contributed by atoms with Crippen LogP contribution in [0.2, 0.25) is 0 Å². The van der Waals surface area contributed by atoms with Crippen molar-refractivity contribution >= 4 is 17.4 Å². The number of aliphatic hydroxyl groups excluding tert-OH is 2. The van der Waals surface area contributed by atoms with Crippen LogP contribution in [-0.2, 0) is 16.1 Å². The molecule has 124 valence electrons. The molecule has 1 aromatic rings. The van der Waals surface area contributed by atoms with E-state index in [4.69, 9.17) is 5.11 Å². The minimum absolute atomic E-state index is 0.0504. The Morgan fingerprint density at radius 2 is 2.22 bits per heavy atom. The lowest BCUT2D eigenvalue weighted by molar-refractivity contribution is -0.161. The standard InChI is InChI=1S/C15H19N3O5/c1-7-5-10(16-17(7)3-4-19)9-6-11-12(8(2)20)14(21)18(11)13(9)15(22)23/h5,8,11-12,19-20H,3-4,6H2,1-2H3,(H,22,23)/t8-,11-,12-/m1/s1. The van der Waals surface area contributed by atoms with E-state index < -0.39 is 18.0 Å². The number of fused-ring (bicyclic) bond motifs is 1. The summed E-state index contributed by atoms with van der Waals surface area (Å²) in [7, 11) is 0. The number of hydrogen-bond donors (Lipinski definition) is 3. The van der Waals surface area contributed by atoms with Gasteiger partial charge in [-0.15, -0.1) is 0 Å². The van der Waals surface area contributed by atoms with Gasteiger partial charge < -0.3 is 20.2 Å². The van der Waals surface area contributed by atoms with Crippen LogP contribution in [0.5, 0.6) is 0 Å². The summed E-state index contributed by atoms with van der Waals surface area (Å²) in [6.07, 6.45) is -0.453. The van der Waals surface area contributed by atoms with E-state index in [1.807, 2.05) is 6.92 Å². The molecule has 0 spiro atoms. The zero-order chi connectivity index (χ0) is 16.9. The Kier molecular flexibility index (Phi) is 3.73. The first kappa shape index (κ1) is 15.7. The molecule has 1 saturated heterocycles. The fourth-order valence-electron chi connectivity index (χ4n) is 3.48. The van der Waals surface area contributed by atoms with E-state index in [1.165, 1.54) is 4.90 Å². The summed E-state index contributed by atoms with van der Waals surface area (Å²) in [5, 5.41) is 32.6. The highest BCUT2D eigenvalue weighted by atomic mass is 16.4. The number of rotatable bonds is 5. The van der Waals surface area contributed by atoms with Crippen molar-refractivity contribution in [1.82, 2.24) is 14.7 Å². The molecule has 23 heavy (non-hydrogen) atoms. The quantitative estimate of drug-likeness (QED) is 0.635. The predicted octanol–water partition coefficient (Wildman–Crippen LogP) is -0.409. The minimum Gasteiger partial charge on any atom is -0.477 e. The SMILES string of the molecule is Cc1cc(C2=C(C(=O)O)N3C(=O)[C@H]([C@@H](C)O)[C@H]3C2)nn1CCO. The fourth-order valence-corrected chi connectivity index (χ4v) is 3.48. The van der Waals surface area contributed by atoms with Crippen LogP contribution < -0.4 is 0 Å². The summed E-state index contributed by atoms with van der Waals surface area (Å²) in [5.74, 6) is -2.10. The summed E-state index contributed by atoms with van der Waals surface area (Å²) >= 11 is 0. The molecule has 3 heterocycles. The van der Waals surface area contributed by atoms with Gasteiger partial charge >= 0.3 is 5.97 Å². The average Bonchev–Trinajstić information content (AvgIpc) is 2.98. The molecule has 2 aliphatic heterocycles. The molecule has 3 atom stereocenters. The summed E-state index contributed by atoms with van der Waals surface area (Å²) in [4.78, 5) is 25.0. The zero-order valence-electron chi connectivity index (χ0n) is 12.9. The van der Waals surface area contributed by atoms with Gasteiger partial charge in [0, 0.05) is 11.3 Å².